The van der Waals surface area contributed by atoms with Crippen LogP contribution in [0.15, 0.2) is 24.3 Å². The lowest BCUT2D eigenvalue weighted by atomic mass is 10.1. The van der Waals surface area contributed by atoms with Gasteiger partial charge in [0.15, 0.2) is 11.5 Å². The van der Waals surface area contributed by atoms with Crippen LogP contribution in [0.25, 0.3) is 0 Å². The van der Waals surface area contributed by atoms with Crippen LogP contribution in [0.4, 0.5) is 0 Å². The summed E-state index contributed by atoms with van der Waals surface area (Å²) in [5, 5.41) is 3.78. The van der Waals surface area contributed by atoms with Gasteiger partial charge in [0.1, 0.15) is 6.61 Å². The molecule has 1 fully saturated rings. The van der Waals surface area contributed by atoms with E-state index in [0.29, 0.717) is 24.5 Å². The van der Waals surface area contributed by atoms with Gasteiger partial charge in [-0.2, -0.15) is 0 Å². The second kappa shape index (κ2) is 8.38. The highest BCUT2D eigenvalue weighted by Gasteiger charge is 2.24. The van der Waals surface area contributed by atoms with Crippen molar-refractivity contribution in [3.05, 3.63) is 24.3 Å². The van der Waals surface area contributed by atoms with Gasteiger partial charge in [-0.15, -0.1) is 11.6 Å². The first-order chi connectivity index (χ1) is 9.81. The summed E-state index contributed by atoms with van der Waals surface area (Å²) in [6.45, 7) is 5.09. The Bertz CT molecular complexity index is 400. The number of ether oxygens (including phenoxy) is 2. The number of benzene rings is 1. The van der Waals surface area contributed by atoms with Crippen LogP contribution >= 0.6 is 11.6 Å². The summed E-state index contributed by atoms with van der Waals surface area (Å²) in [7, 11) is 0. The Hall–Kier alpha value is -0.930. The number of halogens is 1. The van der Waals surface area contributed by atoms with E-state index in [1.807, 2.05) is 31.2 Å². The Morgan fingerprint density at radius 3 is 2.60 bits per heavy atom. The largest absolute Gasteiger partial charge is 0.490 e. The van der Waals surface area contributed by atoms with Gasteiger partial charge in [-0.25, -0.2) is 0 Å². The highest BCUT2D eigenvalue weighted by Crippen LogP contribution is 2.29. The lowest BCUT2D eigenvalue weighted by Crippen LogP contribution is -2.29. The van der Waals surface area contributed by atoms with E-state index in [2.05, 4.69) is 5.32 Å². The van der Waals surface area contributed by atoms with E-state index in [0.717, 1.165) is 31.0 Å². The third-order valence-corrected chi connectivity index (χ3v) is 4.23. The van der Waals surface area contributed by atoms with Crippen LogP contribution in [-0.2, 0) is 0 Å². The van der Waals surface area contributed by atoms with Crippen LogP contribution in [0.3, 0.4) is 0 Å². The fourth-order valence-corrected chi connectivity index (χ4v) is 2.96. The fraction of sp³-hybridized carbons (Fsp3) is 0.625. The second-order valence-electron chi connectivity index (χ2n) is 5.14. The molecule has 0 saturated heterocycles. The average Bonchev–Trinajstić information content (AvgIpc) is 2.86. The Labute approximate surface area is 126 Å². The third kappa shape index (κ3) is 4.57. The van der Waals surface area contributed by atoms with E-state index >= 15 is 0 Å². The predicted octanol–water partition coefficient (Wildman–Crippen LogP) is 3.46. The molecule has 2 rings (SSSR count). The fourth-order valence-electron chi connectivity index (χ4n) is 2.59. The summed E-state index contributed by atoms with van der Waals surface area (Å²) in [6, 6.07) is 7.79. The van der Waals surface area contributed by atoms with Crippen molar-refractivity contribution in [2.45, 2.75) is 31.6 Å². The molecule has 4 heteroatoms. The summed E-state index contributed by atoms with van der Waals surface area (Å²) >= 11 is 6.25. The highest BCUT2D eigenvalue weighted by atomic mass is 35.5. The second-order valence-corrected chi connectivity index (χ2v) is 5.70. The first-order valence-corrected chi connectivity index (χ1v) is 7.94. The van der Waals surface area contributed by atoms with Crippen molar-refractivity contribution < 1.29 is 9.47 Å². The molecule has 3 nitrogen and oxygen atoms in total. The maximum Gasteiger partial charge on any atom is 0.161 e. The molecular weight excluding hydrogens is 274 g/mol. The highest BCUT2D eigenvalue weighted by molar-refractivity contribution is 6.20. The quantitative estimate of drug-likeness (QED) is 0.589. The number of hydrogen-bond donors (Lipinski definition) is 1. The molecule has 0 amide bonds. The monoisotopic (exact) mass is 297 g/mol. The Morgan fingerprint density at radius 1 is 1.20 bits per heavy atom. The van der Waals surface area contributed by atoms with Crippen molar-refractivity contribution in [2.24, 2.45) is 5.92 Å². The van der Waals surface area contributed by atoms with Gasteiger partial charge in [-0.3, -0.25) is 0 Å². The normalized spacial score (nSPS) is 21.9. The van der Waals surface area contributed by atoms with Crippen LogP contribution in [0.1, 0.15) is 26.2 Å². The number of nitrogens with one attached hydrogen (secondary N) is 1. The van der Waals surface area contributed by atoms with Crippen molar-refractivity contribution in [1.82, 2.24) is 5.32 Å². The molecule has 0 aliphatic heterocycles. The molecular formula is C16H24ClNO2. The molecule has 0 bridgehead atoms. The standard InChI is InChI=1S/C16H24ClNO2/c1-2-19-15-8-3-4-9-16(15)20-11-10-18-12-13-6-5-7-14(13)17/h3-4,8-9,13-14,18H,2,5-7,10-12H2,1H3. The van der Waals surface area contributed by atoms with Gasteiger partial charge in [0.25, 0.3) is 0 Å². The zero-order valence-electron chi connectivity index (χ0n) is 12.1. The predicted molar refractivity (Wildman–Crippen MR) is 83.0 cm³/mol. The molecule has 0 radical (unpaired) electrons. The van der Waals surface area contributed by atoms with Crippen molar-refractivity contribution in [3.8, 4) is 11.5 Å². The number of hydrogen-bond acceptors (Lipinski definition) is 3. The summed E-state index contributed by atoms with van der Waals surface area (Å²) in [4.78, 5) is 0. The van der Waals surface area contributed by atoms with Crippen LogP contribution in [-0.4, -0.2) is 31.7 Å². The van der Waals surface area contributed by atoms with Crippen molar-refractivity contribution in [1.29, 1.82) is 0 Å². The lowest BCUT2D eigenvalue weighted by Gasteiger charge is -2.15. The number of alkyl halides is 1. The number of rotatable bonds is 8. The molecule has 1 aromatic carbocycles. The molecule has 1 aromatic rings. The molecule has 1 saturated carbocycles. The van der Waals surface area contributed by atoms with Gasteiger partial charge in [-0.05, 0) is 44.4 Å². The molecule has 1 N–H and O–H groups in total. The van der Waals surface area contributed by atoms with E-state index in [1.54, 1.807) is 0 Å². The van der Waals surface area contributed by atoms with E-state index in [9.17, 15) is 0 Å². The van der Waals surface area contributed by atoms with Crippen molar-refractivity contribution in [2.75, 3.05) is 26.3 Å². The summed E-state index contributed by atoms with van der Waals surface area (Å²) in [6.07, 6.45) is 3.67. The van der Waals surface area contributed by atoms with Crippen LogP contribution in [0, 0.1) is 5.92 Å². The lowest BCUT2D eigenvalue weighted by molar-refractivity contribution is 0.274. The Kier molecular flexibility index (Phi) is 6.48. The first kappa shape index (κ1) is 15.5. The molecule has 20 heavy (non-hydrogen) atoms. The Morgan fingerprint density at radius 2 is 1.95 bits per heavy atom. The summed E-state index contributed by atoms with van der Waals surface area (Å²) in [5.74, 6) is 2.24. The minimum atomic E-state index is 0.349. The Balaban J connectivity index is 1.65. The smallest absolute Gasteiger partial charge is 0.161 e. The zero-order chi connectivity index (χ0) is 14.2. The first-order valence-electron chi connectivity index (χ1n) is 7.50. The molecule has 0 heterocycles. The van der Waals surface area contributed by atoms with Gasteiger partial charge < -0.3 is 14.8 Å². The average molecular weight is 298 g/mol. The summed E-state index contributed by atoms with van der Waals surface area (Å²) < 4.78 is 11.3. The minimum absolute atomic E-state index is 0.349. The van der Waals surface area contributed by atoms with Crippen molar-refractivity contribution >= 4 is 11.6 Å². The third-order valence-electron chi connectivity index (χ3n) is 3.66. The molecule has 0 aromatic heterocycles. The van der Waals surface area contributed by atoms with Crippen LogP contribution < -0.4 is 14.8 Å². The van der Waals surface area contributed by atoms with E-state index in [1.165, 1.54) is 12.8 Å². The van der Waals surface area contributed by atoms with E-state index < -0.39 is 0 Å². The van der Waals surface area contributed by atoms with E-state index in [-0.39, 0.29) is 0 Å². The van der Waals surface area contributed by atoms with Crippen molar-refractivity contribution in [3.63, 3.8) is 0 Å². The SMILES string of the molecule is CCOc1ccccc1OCCNCC1CCCC1Cl. The molecule has 2 atom stereocenters. The van der Waals surface area contributed by atoms with Gasteiger partial charge in [-0.1, -0.05) is 18.6 Å². The maximum absolute atomic E-state index is 6.25. The molecule has 1 aliphatic carbocycles. The van der Waals surface area contributed by atoms with Crippen LogP contribution in [0.2, 0.25) is 0 Å². The van der Waals surface area contributed by atoms with Gasteiger partial charge in [0, 0.05) is 11.9 Å². The zero-order valence-corrected chi connectivity index (χ0v) is 12.9. The minimum Gasteiger partial charge on any atom is -0.490 e. The number of para-hydroxylation sites is 2. The van der Waals surface area contributed by atoms with Crippen LogP contribution in [0.5, 0.6) is 11.5 Å². The molecule has 0 spiro atoms. The van der Waals surface area contributed by atoms with E-state index in [4.69, 9.17) is 21.1 Å². The maximum atomic E-state index is 6.25. The molecule has 112 valence electrons. The van der Waals surface area contributed by atoms with Gasteiger partial charge >= 0.3 is 0 Å². The summed E-state index contributed by atoms with van der Waals surface area (Å²) in [5.41, 5.74) is 0. The molecule has 1 aliphatic rings. The van der Waals surface area contributed by atoms with Gasteiger partial charge in [0.2, 0.25) is 0 Å². The van der Waals surface area contributed by atoms with Gasteiger partial charge in [0.05, 0.1) is 6.61 Å². The molecule has 2 unspecified atom stereocenters. The topological polar surface area (TPSA) is 30.5 Å².